The second kappa shape index (κ2) is 5.72. The quantitative estimate of drug-likeness (QED) is 0.889. The van der Waals surface area contributed by atoms with Crippen molar-refractivity contribution >= 4 is 0 Å². The first kappa shape index (κ1) is 13.4. The van der Waals surface area contributed by atoms with Gasteiger partial charge in [0.15, 0.2) is 0 Å². The van der Waals surface area contributed by atoms with Crippen LogP contribution in [0.4, 0.5) is 0 Å². The normalized spacial score (nSPS) is 19.7. The van der Waals surface area contributed by atoms with Crippen molar-refractivity contribution in [2.75, 3.05) is 26.7 Å². The molecule has 1 aliphatic rings. The molecule has 1 N–H and O–H groups in total. The highest BCUT2D eigenvalue weighted by Gasteiger charge is 2.35. The summed E-state index contributed by atoms with van der Waals surface area (Å²) in [4.78, 5) is 2.42. The number of likely N-dealkylation sites (tertiary alicyclic amines) is 1. The summed E-state index contributed by atoms with van der Waals surface area (Å²) in [5, 5.41) is 10.8. The topological polar surface area (TPSA) is 32.7 Å². The van der Waals surface area contributed by atoms with Crippen molar-refractivity contribution < 1.29 is 9.84 Å². The zero-order chi connectivity index (χ0) is 13.0. The number of benzene rings is 1. The van der Waals surface area contributed by atoms with Gasteiger partial charge < -0.3 is 14.7 Å². The van der Waals surface area contributed by atoms with Crippen LogP contribution in [0.3, 0.4) is 0 Å². The molecule has 1 aromatic carbocycles. The summed E-state index contributed by atoms with van der Waals surface area (Å²) in [5.41, 5.74) is 0.209. The Kier molecular flexibility index (Phi) is 4.25. The van der Waals surface area contributed by atoms with E-state index in [0.29, 0.717) is 0 Å². The predicted molar refractivity (Wildman–Crippen MR) is 72.9 cm³/mol. The number of hydrogen-bond acceptors (Lipinski definition) is 3. The lowest BCUT2D eigenvalue weighted by molar-refractivity contribution is -0.0273. The molecule has 0 unspecified atom stereocenters. The van der Waals surface area contributed by atoms with Crippen molar-refractivity contribution in [1.82, 2.24) is 4.90 Å². The van der Waals surface area contributed by atoms with Crippen LogP contribution in [0.15, 0.2) is 24.3 Å². The summed E-state index contributed by atoms with van der Waals surface area (Å²) < 4.78 is 5.36. The molecular weight excluding hydrogens is 226 g/mol. The number of methoxy groups -OCH3 is 1. The van der Waals surface area contributed by atoms with Gasteiger partial charge in [0.25, 0.3) is 0 Å². The molecule has 0 aliphatic carbocycles. The molecule has 2 rings (SSSR count). The lowest BCUT2D eigenvalue weighted by atomic mass is 9.84. The monoisotopic (exact) mass is 249 g/mol. The van der Waals surface area contributed by atoms with Gasteiger partial charge in [0, 0.05) is 18.7 Å². The molecule has 1 saturated heterocycles. The van der Waals surface area contributed by atoms with E-state index in [-0.39, 0.29) is 0 Å². The number of rotatable bonds is 4. The fourth-order valence-electron chi connectivity index (χ4n) is 2.76. The van der Waals surface area contributed by atoms with Gasteiger partial charge in [-0.1, -0.05) is 25.1 Å². The fraction of sp³-hybridized carbons (Fsp3) is 0.600. The summed E-state index contributed by atoms with van der Waals surface area (Å²) in [6.07, 6.45) is 2.74. The van der Waals surface area contributed by atoms with E-state index in [1.54, 1.807) is 7.11 Å². The van der Waals surface area contributed by atoms with Crippen LogP contribution in [0.1, 0.15) is 31.7 Å². The molecule has 1 aromatic rings. The SMILES string of the molecule is CCCN1CCC(O)(c2ccccc2OC)CC1. The lowest BCUT2D eigenvalue weighted by Gasteiger charge is -2.39. The molecule has 3 heteroatoms. The van der Waals surface area contributed by atoms with Gasteiger partial charge in [-0.15, -0.1) is 0 Å². The largest absolute Gasteiger partial charge is 0.496 e. The minimum atomic E-state index is -0.725. The molecule has 3 nitrogen and oxygen atoms in total. The Labute approximate surface area is 109 Å². The maximum absolute atomic E-state index is 10.8. The summed E-state index contributed by atoms with van der Waals surface area (Å²) in [6.45, 7) is 5.24. The third-order valence-corrected chi connectivity index (χ3v) is 3.83. The van der Waals surface area contributed by atoms with Gasteiger partial charge >= 0.3 is 0 Å². The van der Waals surface area contributed by atoms with Gasteiger partial charge in [0.05, 0.1) is 12.7 Å². The van der Waals surface area contributed by atoms with Crippen LogP contribution in [0.5, 0.6) is 5.75 Å². The molecule has 0 spiro atoms. The van der Waals surface area contributed by atoms with Crippen LogP contribution in [-0.4, -0.2) is 36.8 Å². The van der Waals surface area contributed by atoms with Crippen molar-refractivity contribution in [3.8, 4) is 5.75 Å². The first-order valence-corrected chi connectivity index (χ1v) is 6.78. The zero-order valence-electron chi connectivity index (χ0n) is 11.4. The van der Waals surface area contributed by atoms with Crippen molar-refractivity contribution in [2.24, 2.45) is 0 Å². The van der Waals surface area contributed by atoms with Crippen molar-refractivity contribution in [2.45, 2.75) is 31.8 Å². The predicted octanol–water partition coefficient (Wildman–Crippen LogP) is 2.39. The molecular formula is C15H23NO2. The standard InChI is InChI=1S/C15H23NO2/c1-3-10-16-11-8-15(17,9-12-16)13-6-4-5-7-14(13)18-2/h4-7,17H,3,8-12H2,1-2H3. The molecule has 0 bridgehead atoms. The maximum Gasteiger partial charge on any atom is 0.124 e. The Morgan fingerprint density at radius 2 is 1.94 bits per heavy atom. The van der Waals surface area contributed by atoms with Gasteiger partial charge in [-0.3, -0.25) is 0 Å². The number of nitrogens with zero attached hydrogens (tertiary/aromatic N) is 1. The fourth-order valence-corrected chi connectivity index (χ4v) is 2.76. The molecule has 0 saturated carbocycles. The van der Waals surface area contributed by atoms with E-state index in [0.717, 1.165) is 43.8 Å². The molecule has 18 heavy (non-hydrogen) atoms. The van der Waals surface area contributed by atoms with Crippen molar-refractivity contribution in [3.63, 3.8) is 0 Å². The molecule has 0 atom stereocenters. The molecule has 0 radical (unpaired) electrons. The van der Waals surface area contributed by atoms with Gasteiger partial charge in [-0.25, -0.2) is 0 Å². The molecule has 1 aliphatic heterocycles. The highest BCUT2D eigenvalue weighted by atomic mass is 16.5. The van der Waals surface area contributed by atoms with Crippen LogP contribution < -0.4 is 4.74 Å². The average molecular weight is 249 g/mol. The second-order valence-corrected chi connectivity index (χ2v) is 5.07. The van der Waals surface area contributed by atoms with Crippen LogP contribution in [0.2, 0.25) is 0 Å². The third kappa shape index (κ3) is 2.68. The molecule has 1 fully saturated rings. The van der Waals surface area contributed by atoms with Gasteiger partial charge in [0.2, 0.25) is 0 Å². The summed E-state index contributed by atoms with van der Waals surface area (Å²) in [6, 6.07) is 7.81. The smallest absolute Gasteiger partial charge is 0.124 e. The van der Waals surface area contributed by atoms with E-state index in [4.69, 9.17) is 4.74 Å². The van der Waals surface area contributed by atoms with Crippen molar-refractivity contribution in [3.05, 3.63) is 29.8 Å². The molecule has 1 heterocycles. The summed E-state index contributed by atoms with van der Waals surface area (Å²) in [7, 11) is 1.66. The van der Waals surface area contributed by atoms with E-state index < -0.39 is 5.60 Å². The molecule has 0 aromatic heterocycles. The van der Waals surface area contributed by atoms with E-state index in [2.05, 4.69) is 11.8 Å². The number of para-hydroxylation sites is 1. The average Bonchev–Trinajstić information content (AvgIpc) is 2.42. The first-order valence-electron chi connectivity index (χ1n) is 6.78. The number of ether oxygens (including phenoxy) is 1. The number of hydrogen-bond donors (Lipinski definition) is 1. The Morgan fingerprint density at radius 3 is 2.56 bits per heavy atom. The highest BCUT2D eigenvalue weighted by molar-refractivity contribution is 5.38. The van der Waals surface area contributed by atoms with Gasteiger partial charge in [0.1, 0.15) is 5.75 Å². The van der Waals surface area contributed by atoms with Crippen molar-refractivity contribution in [1.29, 1.82) is 0 Å². The Balaban J connectivity index is 2.13. The van der Waals surface area contributed by atoms with Crippen LogP contribution in [0, 0.1) is 0 Å². The number of aliphatic hydroxyl groups is 1. The van der Waals surface area contributed by atoms with E-state index in [9.17, 15) is 5.11 Å². The van der Waals surface area contributed by atoms with E-state index in [1.165, 1.54) is 6.42 Å². The Bertz CT molecular complexity index is 384. The third-order valence-electron chi connectivity index (χ3n) is 3.83. The minimum absolute atomic E-state index is 0.725. The van der Waals surface area contributed by atoms with Gasteiger partial charge in [-0.05, 0) is 31.9 Å². The van der Waals surface area contributed by atoms with E-state index >= 15 is 0 Å². The maximum atomic E-state index is 10.8. The Hall–Kier alpha value is -1.06. The van der Waals surface area contributed by atoms with E-state index in [1.807, 2.05) is 24.3 Å². The Morgan fingerprint density at radius 1 is 1.28 bits per heavy atom. The summed E-state index contributed by atoms with van der Waals surface area (Å²) in [5.74, 6) is 0.795. The van der Waals surface area contributed by atoms with Gasteiger partial charge in [-0.2, -0.15) is 0 Å². The van der Waals surface area contributed by atoms with Crippen LogP contribution >= 0.6 is 0 Å². The number of piperidine rings is 1. The minimum Gasteiger partial charge on any atom is -0.496 e. The first-order chi connectivity index (χ1) is 8.69. The second-order valence-electron chi connectivity index (χ2n) is 5.07. The van der Waals surface area contributed by atoms with Crippen LogP contribution in [-0.2, 0) is 5.60 Å². The molecule has 100 valence electrons. The van der Waals surface area contributed by atoms with Crippen LogP contribution in [0.25, 0.3) is 0 Å². The zero-order valence-corrected chi connectivity index (χ0v) is 11.4. The lowest BCUT2D eigenvalue weighted by Crippen LogP contribution is -2.42. The summed E-state index contributed by atoms with van der Waals surface area (Å²) >= 11 is 0. The molecule has 0 amide bonds. The highest BCUT2D eigenvalue weighted by Crippen LogP contribution is 2.37.